The molecule has 0 saturated carbocycles. The molecule has 2 aliphatic rings. The van der Waals surface area contributed by atoms with Gasteiger partial charge in [-0.05, 0) is 31.4 Å². The molecule has 0 aliphatic carbocycles. The summed E-state index contributed by atoms with van der Waals surface area (Å²) in [6, 6.07) is 6.75. The summed E-state index contributed by atoms with van der Waals surface area (Å²) in [7, 11) is 0. The Labute approximate surface area is 170 Å². The molecule has 2 aliphatic heterocycles. The first kappa shape index (κ1) is 20.6. The zero-order chi connectivity index (χ0) is 19.9. The van der Waals surface area contributed by atoms with Gasteiger partial charge in [-0.2, -0.15) is 0 Å². The zero-order valence-electron chi connectivity index (χ0n) is 16.0. The largest absolute Gasteiger partial charge is 0.343 e. The maximum Gasteiger partial charge on any atom is 0.253 e. The molecule has 2 fully saturated rings. The van der Waals surface area contributed by atoms with Gasteiger partial charge in [-0.15, -0.1) is 0 Å². The summed E-state index contributed by atoms with van der Waals surface area (Å²) in [5, 5.41) is 2.99. The number of benzene rings is 1. The van der Waals surface area contributed by atoms with Crippen LogP contribution in [0.3, 0.4) is 0 Å². The Morgan fingerprint density at radius 2 is 1.50 bits per heavy atom. The first-order valence-corrected chi connectivity index (χ1v) is 10.2. The lowest BCUT2D eigenvalue weighted by atomic mass is 10.1. The molecule has 3 amide bonds. The van der Waals surface area contributed by atoms with Crippen LogP contribution < -0.4 is 5.32 Å². The van der Waals surface area contributed by atoms with E-state index in [-0.39, 0.29) is 24.3 Å². The topological polar surface area (TPSA) is 73.0 Å². The van der Waals surface area contributed by atoms with E-state index in [1.165, 1.54) is 6.42 Å². The first-order chi connectivity index (χ1) is 13.5. The predicted octanol–water partition coefficient (Wildman–Crippen LogP) is 1.23. The molecule has 2 saturated heterocycles. The van der Waals surface area contributed by atoms with Crippen molar-refractivity contribution in [2.45, 2.75) is 19.3 Å². The Morgan fingerprint density at radius 1 is 0.857 bits per heavy atom. The van der Waals surface area contributed by atoms with Crippen LogP contribution in [0.2, 0.25) is 5.02 Å². The second-order valence-corrected chi connectivity index (χ2v) is 7.67. The van der Waals surface area contributed by atoms with E-state index in [9.17, 15) is 14.4 Å². The second-order valence-electron chi connectivity index (χ2n) is 7.26. The average Bonchev–Trinajstić information content (AvgIpc) is 2.73. The minimum absolute atomic E-state index is 0.0588. The first-order valence-electron chi connectivity index (χ1n) is 9.85. The van der Waals surface area contributed by atoms with Crippen molar-refractivity contribution >= 4 is 29.3 Å². The Bertz CT molecular complexity index is 713. The summed E-state index contributed by atoms with van der Waals surface area (Å²) in [5.74, 6) is -0.293. The van der Waals surface area contributed by atoms with Gasteiger partial charge in [0.2, 0.25) is 11.8 Å². The molecule has 1 aromatic rings. The summed E-state index contributed by atoms with van der Waals surface area (Å²) < 4.78 is 0. The highest BCUT2D eigenvalue weighted by Crippen LogP contribution is 2.14. The van der Waals surface area contributed by atoms with Crippen molar-refractivity contribution in [1.82, 2.24) is 20.0 Å². The molecule has 0 atom stereocenters. The molecule has 3 rings (SSSR count). The van der Waals surface area contributed by atoms with Crippen molar-refractivity contribution < 1.29 is 14.4 Å². The number of likely N-dealkylation sites (tertiary alicyclic amines) is 1. The summed E-state index contributed by atoms with van der Waals surface area (Å²) in [5.41, 5.74) is 0.359. The normalized spacial score (nSPS) is 18.0. The fourth-order valence-electron chi connectivity index (χ4n) is 3.60. The molecule has 1 aromatic carbocycles. The van der Waals surface area contributed by atoms with Crippen LogP contribution in [0.25, 0.3) is 0 Å². The molecule has 1 N–H and O–H groups in total. The van der Waals surface area contributed by atoms with Crippen LogP contribution in [0, 0.1) is 0 Å². The van der Waals surface area contributed by atoms with E-state index in [0.29, 0.717) is 43.3 Å². The Kier molecular flexibility index (Phi) is 7.28. The van der Waals surface area contributed by atoms with Gasteiger partial charge in [0.15, 0.2) is 0 Å². The summed E-state index contributed by atoms with van der Waals surface area (Å²) in [6.07, 6.45) is 3.39. The molecule has 28 heavy (non-hydrogen) atoms. The smallest absolute Gasteiger partial charge is 0.253 e. The summed E-state index contributed by atoms with van der Waals surface area (Å²) in [4.78, 5) is 42.7. The number of carbonyl (C=O) groups is 3. The van der Waals surface area contributed by atoms with Crippen molar-refractivity contribution in [2.24, 2.45) is 0 Å². The fraction of sp³-hybridized carbons (Fsp3) is 0.550. The highest BCUT2D eigenvalue weighted by atomic mass is 35.5. The molecule has 0 radical (unpaired) electrons. The Balaban J connectivity index is 1.39. The quantitative estimate of drug-likeness (QED) is 0.798. The number of nitrogens with zero attached hydrogens (tertiary/aromatic N) is 3. The van der Waals surface area contributed by atoms with Crippen LogP contribution in [0.5, 0.6) is 0 Å². The van der Waals surface area contributed by atoms with E-state index in [0.717, 1.165) is 25.9 Å². The highest BCUT2D eigenvalue weighted by molar-refractivity contribution is 6.33. The van der Waals surface area contributed by atoms with Crippen LogP contribution in [-0.2, 0) is 9.59 Å². The van der Waals surface area contributed by atoms with Gasteiger partial charge >= 0.3 is 0 Å². The predicted molar refractivity (Wildman–Crippen MR) is 107 cm³/mol. The maximum absolute atomic E-state index is 12.4. The van der Waals surface area contributed by atoms with Gasteiger partial charge in [0.25, 0.3) is 5.91 Å². The lowest BCUT2D eigenvalue weighted by Crippen LogP contribution is -2.53. The third-order valence-corrected chi connectivity index (χ3v) is 5.64. The van der Waals surface area contributed by atoms with Crippen LogP contribution in [0.4, 0.5) is 0 Å². The van der Waals surface area contributed by atoms with Gasteiger partial charge in [-0.25, -0.2) is 0 Å². The molecular formula is C20H27ClN4O3. The summed E-state index contributed by atoms with van der Waals surface area (Å²) >= 11 is 6.00. The van der Waals surface area contributed by atoms with Gasteiger partial charge in [0, 0.05) is 39.3 Å². The SMILES string of the molecule is O=C(NCC(=O)N1CCN(CC(=O)N2CCCCC2)CC1)c1ccccc1Cl. The number of carbonyl (C=O) groups excluding carboxylic acids is 3. The molecule has 0 unspecified atom stereocenters. The van der Waals surface area contributed by atoms with E-state index in [1.54, 1.807) is 29.2 Å². The van der Waals surface area contributed by atoms with Crippen molar-refractivity contribution in [2.75, 3.05) is 52.4 Å². The minimum Gasteiger partial charge on any atom is -0.343 e. The Morgan fingerprint density at radius 3 is 2.18 bits per heavy atom. The van der Waals surface area contributed by atoms with E-state index in [2.05, 4.69) is 10.2 Å². The average molecular weight is 407 g/mol. The number of nitrogens with one attached hydrogen (secondary N) is 1. The number of piperidine rings is 1. The number of rotatable bonds is 5. The highest BCUT2D eigenvalue weighted by Gasteiger charge is 2.25. The van der Waals surface area contributed by atoms with Gasteiger partial charge < -0.3 is 15.1 Å². The van der Waals surface area contributed by atoms with Crippen molar-refractivity contribution in [3.05, 3.63) is 34.9 Å². The fourth-order valence-corrected chi connectivity index (χ4v) is 3.82. The van der Waals surface area contributed by atoms with Gasteiger partial charge in [0.05, 0.1) is 23.7 Å². The molecule has 8 heteroatoms. The van der Waals surface area contributed by atoms with Gasteiger partial charge in [0.1, 0.15) is 0 Å². The van der Waals surface area contributed by atoms with Crippen LogP contribution in [0.1, 0.15) is 29.6 Å². The molecule has 152 valence electrons. The third-order valence-electron chi connectivity index (χ3n) is 5.31. The lowest BCUT2D eigenvalue weighted by Gasteiger charge is -2.36. The number of hydrogen-bond acceptors (Lipinski definition) is 4. The van der Waals surface area contributed by atoms with Gasteiger partial charge in [-0.1, -0.05) is 23.7 Å². The van der Waals surface area contributed by atoms with Crippen molar-refractivity contribution in [3.8, 4) is 0 Å². The number of amides is 3. The van der Waals surface area contributed by atoms with Crippen molar-refractivity contribution in [3.63, 3.8) is 0 Å². The van der Waals surface area contributed by atoms with Crippen LogP contribution in [-0.4, -0.2) is 84.8 Å². The second kappa shape index (κ2) is 9.89. The van der Waals surface area contributed by atoms with Crippen LogP contribution >= 0.6 is 11.6 Å². The van der Waals surface area contributed by atoms with E-state index in [1.807, 2.05) is 4.90 Å². The van der Waals surface area contributed by atoms with E-state index >= 15 is 0 Å². The minimum atomic E-state index is -0.357. The summed E-state index contributed by atoms with van der Waals surface area (Å²) in [6.45, 7) is 4.56. The maximum atomic E-state index is 12.4. The molecular weight excluding hydrogens is 380 g/mol. The standard InChI is InChI=1S/C20H27ClN4O3/c21-17-7-3-2-6-16(17)20(28)22-14-18(26)25-12-10-23(11-13-25)15-19(27)24-8-4-1-5-9-24/h2-3,6-7H,1,4-5,8-15H2,(H,22,28). The number of piperazine rings is 1. The Hall–Kier alpha value is -2.12. The number of hydrogen-bond donors (Lipinski definition) is 1. The molecule has 7 nitrogen and oxygen atoms in total. The number of halogens is 1. The lowest BCUT2D eigenvalue weighted by molar-refractivity contribution is -0.135. The zero-order valence-corrected chi connectivity index (χ0v) is 16.8. The molecule has 0 bridgehead atoms. The van der Waals surface area contributed by atoms with Crippen molar-refractivity contribution in [1.29, 1.82) is 0 Å². The van der Waals surface area contributed by atoms with Gasteiger partial charge in [-0.3, -0.25) is 19.3 Å². The van der Waals surface area contributed by atoms with E-state index in [4.69, 9.17) is 11.6 Å². The molecule has 0 spiro atoms. The molecule has 2 heterocycles. The third kappa shape index (κ3) is 5.45. The van der Waals surface area contributed by atoms with Crippen LogP contribution in [0.15, 0.2) is 24.3 Å². The monoisotopic (exact) mass is 406 g/mol. The van der Waals surface area contributed by atoms with E-state index < -0.39 is 0 Å². The molecule has 0 aromatic heterocycles.